The molecule has 2 saturated heterocycles. The number of hydrogen-bond acceptors (Lipinski definition) is 4. The Hall–Kier alpha value is -1.43. The zero-order valence-corrected chi connectivity index (χ0v) is 13.5. The van der Waals surface area contributed by atoms with Gasteiger partial charge in [0.1, 0.15) is 5.76 Å². The zero-order chi connectivity index (χ0) is 15.8. The third-order valence-electron chi connectivity index (χ3n) is 5.45. The van der Waals surface area contributed by atoms with E-state index in [1.54, 1.807) is 0 Å². The summed E-state index contributed by atoms with van der Waals surface area (Å²) < 4.78 is 18.6. The number of rotatable bonds is 4. The summed E-state index contributed by atoms with van der Waals surface area (Å²) in [5.74, 6) is 1.96. The highest BCUT2D eigenvalue weighted by atomic mass is 19.1. The van der Waals surface area contributed by atoms with Gasteiger partial charge in [-0.25, -0.2) is 4.98 Å². The smallest absolute Gasteiger partial charge is 0.223 e. The predicted octanol–water partition coefficient (Wildman–Crippen LogP) is 1.95. The van der Waals surface area contributed by atoms with Gasteiger partial charge >= 0.3 is 0 Å². The van der Waals surface area contributed by atoms with Gasteiger partial charge in [0, 0.05) is 44.4 Å². The normalized spacial score (nSPS) is 26.2. The van der Waals surface area contributed by atoms with Crippen molar-refractivity contribution in [2.75, 3.05) is 26.3 Å². The molecule has 0 radical (unpaired) electrons. The molecule has 1 unspecified atom stereocenters. The summed E-state index contributed by atoms with van der Waals surface area (Å²) in [6.07, 6.45) is 5.55. The lowest BCUT2D eigenvalue weighted by molar-refractivity contribution is -0.130. The first-order valence-electron chi connectivity index (χ1n) is 8.78. The van der Waals surface area contributed by atoms with Crippen LogP contribution < -0.4 is 0 Å². The van der Waals surface area contributed by atoms with Gasteiger partial charge in [0.2, 0.25) is 11.8 Å². The number of aromatic nitrogens is 1. The first-order valence-corrected chi connectivity index (χ1v) is 8.78. The summed E-state index contributed by atoms with van der Waals surface area (Å²) in [5, 5.41) is 0. The maximum absolute atomic E-state index is 12.8. The number of halogens is 1. The van der Waals surface area contributed by atoms with E-state index in [1.165, 1.54) is 0 Å². The summed E-state index contributed by atoms with van der Waals surface area (Å²) in [7, 11) is 0. The lowest BCUT2D eigenvalue weighted by Crippen LogP contribution is -2.45. The fraction of sp³-hybridized carbons (Fsp3) is 0.765. The molecule has 0 spiro atoms. The first-order chi connectivity index (χ1) is 11.2. The Morgan fingerprint density at radius 3 is 2.78 bits per heavy atom. The van der Waals surface area contributed by atoms with Crippen molar-refractivity contribution in [1.82, 2.24) is 14.8 Å². The Morgan fingerprint density at radius 2 is 2.09 bits per heavy atom. The average molecular weight is 321 g/mol. The molecule has 1 aliphatic carbocycles. The molecule has 126 valence electrons. The second kappa shape index (κ2) is 6.23. The van der Waals surface area contributed by atoms with Crippen LogP contribution in [0.1, 0.15) is 43.0 Å². The van der Waals surface area contributed by atoms with E-state index in [4.69, 9.17) is 4.42 Å². The van der Waals surface area contributed by atoms with Gasteiger partial charge in [0.05, 0.1) is 18.9 Å². The second-order valence-electron chi connectivity index (χ2n) is 7.11. The van der Waals surface area contributed by atoms with Gasteiger partial charge in [-0.1, -0.05) is 0 Å². The monoisotopic (exact) mass is 321 g/mol. The zero-order valence-electron chi connectivity index (χ0n) is 13.5. The van der Waals surface area contributed by atoms with Crippen molar-refractivity contribution in [2.45, 2.75) is 51.1 Å². The van der Waals surface area contributed by atoms with Crippen LogP contribution in [-0.4, -0.2) is 53.0 Å². The van der Waals surface area contributed by atoms with Crippen molar-refractivity contribution in [3.63, 3.8) is 0 Å². The number of hydrogen-bond donors (Lipinski definition) is 0. The van der Waals surface area contributed by atoms with E-state index in [9.17, 15) is 9.18 Å². The van der Waals surface area contributed by atoms with Crippen molar-refractivity contribution in [2.24, 2.45) is 5.92 Å². The van der Waals surface area contributed by atoms with Crippen LogP contribution in [0.3, 0.4) is 0 Å². The van der Waals surface area contributed by atoms with Crippen molar-refractivity contribution in [1.29, 1.82) is 0 Å². The number of nitrogens with zero attached hydrogens (tertiary/aromatic N) is 3. The van der Waals surface area contributed by atoms with Crippen LogP contribution in [0.15, 0.2) is 4.42 Å². The second-order valence-corrected chi connectivity index (χ2v) is 7.11. The minimum atomic E-state index is -0.379. The van der Waals surface area contributed by atoms with Crippen LogP contribution in [-0.2, 0) is 24.2 Å². The molecule has 2 fully saturated rings. The van der Waals surface area contributed by atoms with E-state index in [2.05, 4.69) is 9.88 Å². The maximum atomic E-state index is 12.8. The van der Waals surface area contributed by atoms with E-state index < -0.39 is 0 Å². The van der Waals surface area contributed by atoms with Crippen molar-refractivity contribution < 1.29 is 13.6 Å². The van der Waals surface area contributed by atoms with Gasteiger partial charge < -0.3 is 9.32 Å². The van der Waals surface area contributed by atoms with Crippen molar-refractivity contribution >= 4 is 5.91 Å². The van der Waals surface area contributed by atoms with Crippen molar-refractivity contribution in [3.05, 3.63) is 17.3 Å². The summed E-state index contributed by atoms with van der Waals surface area (Å²) in [6, 6.07) is 0.282. The SMILES string of the molecule is O=C1CC(CF)CN1C1CCN(Cc2nc3c(o2)CCC3)CC1. The van der Waals surface area contributed by atoms with Gasteiger partial charge in [-0.15, -0.1) is 0 Å². The topological polar surface area (TPSA) is 49.6 Å². The number of amides is 1. The number of likely N-dealkylation sites (tertiary alicyclic amines) is 2. The summed E-state index contributed by atoms with van der Waals surface area (Å²) in [5.41, 5.74) is 1.15. The van der Waals surface area contributed by atoms with E-state index in [0.717, 1.165) is 69.1 Å². The summed E-state index contributed by atoms with van der Waals surface area (Å²) in [6.45, 7) is 2.88. The Kier molecular flexibility index (Phi) is 4.09. The molecule has 6 heteroatoms. The van der Waals surface area contributed by atoms with Crippen LogP contribution in [0.4, 0.5) is 4.39 Å². The number of carbonyl (C=O) groups is 1. The molecule has 0 bridgehead atoms. The third-order valence-corrected chi connectivity index (χ3v) is 5.45. The van der Waals surface area contributed by atoms with Crippen LogP contribution in [0.2, 0.25) is 0 Å². The number of aryl methyl sites for hydroxylation is 2. The van der Waals surface area contributed by atoms with Gasteiger partial charge in [-0.3, -0.25) is 14.1 Å². The number of alkyl halides is 1. The van der Waals surface area contributed by atoms with Gasteiger partial charge in [-0.05, 0) is 25.7 Å². The third kappa shape index (κ3) is 3.01. The van der Waals surface area contributed by atoms with Crippen LogP contribution >= 0.6 is 0 Å². The molecule has 5 nitrogen and oxygen atoms in total. The lowest BCUT2D eigenvalue weighted by Gasteiger charge is -2.36. The van der Waals surface area contributed by atoms with E-state index in [0.29, 0.717) is 13.0 Å². The molecule has 0 saturated carbocycles. The molecular formula is C17H24FN3O2. The fourth-order valence-corrected chi connectivity index (χ4v) is 4.16. The molecule has 2 aliphatic heterocycles. The van der Waals surface area contributed by atoms with Gasteiger partial charge in [-0.2, -0.15) is 0 Å². The highest BCUT2D eigenvalue weighted by Crippen LogP contribution is 2.27. The minimum absolute atomic E-state index is 0.0877. The Bertz CT molecular complexity index is 559. The lowest BCUT2D eigenvalue weighted by atomic mass is 10.0. The molecular weight excluding hydrogens is 297 g/mol. The fourth-order valence-electron chi connectivity index (χ4n) is 4.16. The predicted molar refractivity (Wildman–Crippen MR) is 82.6 cm³/mol. The largest absolute Gasteiger partial charge is 0.444 e. The van der Waals surface area contributed by atoms with E-state index in [1.807, 2.05) is 4.90 Å². The van der Waals surface area contributed by atoms with Gasteiger partial charge in [0.15, 0.2) is 0 Å². The molecule has 1 aromatic rings. The molecule has 23 heavy (non-hydrogen) atoms. The number of piperidine rings is 1. The average Bonchev–Trinajstić information content (AvgIpc) is 3.22. The quantitative estimate of drug-likeness (QED) is 0.850. The first kappa shape index (κ1) is 15.1. The number of carbonyl (C=O) groups excluding carboxylic acids is 1. The Balaban J connectivity index is 1.30. The van der Waals surface area contributed by atoms with Gasteiger partial charge in [0.25, 0.3) is 0 Å². The molecule has 0 aromatic carbocycles. The number of fused-ring (bicyclic) bond motifs is 1. The Morgan fingerprint density at radius 1 is 1.26 bits per heavy atom. The van der Waals surface area contributed by atoms with Crippen LogP contribution in [0.25, 0.3) is 0 Å². The molecule has 3 aliphatic rings. The molecule has 3 heterocycles. The number of oxazole rings is 1. The molecule has 4 rings (SSSR count). The minimum Gasteiger partial charge on any atom is -0.444 e. The molecule has 0 N–H and O–H groups in total. The standard InChI is InChI=1S/C17H24FN3O2/c18-9-12-8-17(22)21(10-12)13-4-6-20(7-5-13)11-16-19-14-2-1-3-15(14)23-16/h12-13H,1-11H2. The van der Waals surface area contributed by atoms with E-state index >= 15 is 0 Å². The van der Waals surface area contributed by atoms with Crippen LogP contribution in [0, 0.1) is 5.92 Å². The molecule has 1 atom stereocenters. The Labute approximate surface area is 135 Å². The maximum Gasteiger partial charge on any atom is 0.223 e. The molecule has 1 amide bonds. The van der Waals surface area contributed by atoms with E-state index in [-0.39, 0.29) is 24.5 Å². The van der Waals surface area contributed by atoms with Crippen LogP contribution in [0.5, 0.6) is 0 Å². The highest BCUT2D eigenvalue weighted by Gasteiger charge is 2.35. The molecule has 1 aromatic heterocycles. The summed E-state index contributed by atoms with van der Waals surface area (Å²) in [4.78, 5) is 20.9. The summed E-state index contributed by atoms with van der Waals surface area (Å²) >= 11 is 0. The highest BCUT2D eigenvalue weighted by molar-refractivity contribution is 5.79. The van der Waals surface area contributed by atoms with Crippen molar-refractivity contribution in [3.8, 4) is 0 Å².